The van der Waals surface area contributed by atoms with Crippen molar-refractivity contribution in [3.63, 3.8) is 0 Å². The predicted molar refractivity (Wildman–Crippen MR) is 137 cm³/mol. The normalized spacial score (nSPS) is 14.0. The summed E-state index contributed by atoms with van der Waals surface area (Å²) in [5, 5.41) is 32.9. The number of aliphatic hydroxyl groups excluding tert-OH is 2. The fourth-order valence-electron chi connectivity index (χ4n) is 4.42. The molecule has 0 bridgehead atoms. The molecule has 0 saturated heterocycles. The van der Waals surface area contributed by atoms with Gasteiger partial charge in [-0.15, -0.1) is 0 Å². The predicted octanol–water partition coefficient (Wildman–Crippen LogP) is 4.42. The lowest BCUT2D eigenvalue weighted by atomic mass is 10.0. The fourth-order valence-corrected chi connectivity index (χ4v) is 4.42. The van der Waals surface area contributed by atoms with Crippen LogP contribution in [-0.2, 0) is 17.6 Å². The lowest BCUT2D eigenvalue weighted by molar-refractivity contribution is -0.139. The monoisotopic (exact) mass is 489 g/mol. The van der Waals surface area contributed by atoms with Gasteiger partial charge in [-0.3, -0.25) is 4.90 Å². The molecule has 1 heterocycles. The number of rotatable bonds is 12. The van der Waals surface area contributed by atoms with Crippen LogP contribution < -0.4 is 4.74 Å². The summed E-state index contributed by atoms with van der Waals surface area (Å²) in [5.74, 6) is -0.0665. The molecule has 0 aliphatic carbocycles. The van der Waals surface area contributed by atoms with Crippen LogP contribution in [-0.4, -0.2) is 51.6 Å². The van der Waals surface area contributed by atoms with Crippen LogP contribution >= 0.6 is 0 Å². The summed E-state index contributed by atoms with van der Waals surface area (Å²) in [6.45, 7) is 1.80. The summed E-state index contributed by atoms with van der Waals surface area (Å²) < 4.78 is 10.9. The van der Waals surface area contributed by atoms with Crippen molar-refractivity contribution in [1.82, 2.24) is 4.90 Å². The zero-order valence-electron chi connectivity index (χ0n) is 20.2. The Morgan fingerprint density at radius 2 is 1.58 bits per heavy atom. The number of furan rings is 1. The number of carboxylic acid groups (broad SMARTS) is 1. The van der Waals surface area contributed by atoms with E-state index in [4.69, 9.17) is 14.3 Å². The van der Waals surface area contributed by atoms with E-state index in [-0.39, 0.29) is 12.6 Å². The van der Waals surface area contributed by atoms with E-state index in [1.807, 2.05) is 78.6 Å². The summed E-state index contributed by atoms with van der Waals surface area (Å²) in [6.07, 6.45) is 0.909. The van der Waals surface area contributed by atoms with E-state index in [9.17, 15) is 15.0 Å². The first-order chi connectivity index (χ1) is 17.4. The van der Waals surface area contributed by atoms with Crippen LogP contribution in [0.4, 0.5) is 0 Å². The second-order valence-corrected chi connectivity index (χ2v) is 8.95. The number of hydrogen-bond acceptors (Lipinski definition) is 6. The first-order valence-corrected chi connectivity index (χ1v) is 12.0. The fraction of sp³-hybridized carbons (Fsp3) is 0.276. The number of aliphatic hydroxyl groups is 2. The molecule has 0 aliphatic rings. The number of hydrogen-bond donors (Lipinski definition) is 3. The Morgan fingerprint density at radius 3 is 2.31 bits per heavy atom. The van der Waals surface area contributed by atoms with E-state index in [0.717, 1.165) is 21.9 Å². The van der Waals surface area contributed by atoms with Crippen molar-refractivity contribution in [3.05, 3.63) is 102 Å². The van der Waals surface area contributed by atoms with Gasteiger partial charge in [0.2, 0.25) is 0 Å². The molecule has 0 fully saturated rings. The van der Waals surface area contributed by atoms with Crippen molar-refractivity contribution < 1.29 is 29.3 Å². The number of benzene rings is 3. The molecular formula is C29H31NO6. The molecule has 7 nitrogen and oxygen atoms in total. The number of ether oxygens (including phenoxy) is 1. The lowest BCUT2D eigenvalue weighted by Crippen LogP contribution is -2.46. The van der Waals surface area contributed by atoms with Crippen LogP contribution in [0.1, 0.15) is 29.9 Å². The van der Waals surface area contributed by atoms with E-state index in [0.29, 0.717) is 24.4 Å². The van der Waals surface area contributed by atoms with Crippen LogP contribution in [0.5, 0.6) is 5.75 Å². The average molecular weight is 490 g/mol. The van der Waals surface area contributed by atoms with E-state index in [1.54, 1.807) is 18.4 Å². The standard InChI is InChI=1S/C29H31NO6/c1-20(15-22-11-13-24(14-12-22)35-19-28(33)34)30(27(32)16-21-7-3-2-4-8-21)17-26(31)29-25-10-6-5-9-23(25)18-36-29/h2-14,18,20,26-27,31-32H,15-17,19H2,1H3,(H,33,34)/t20-,26?,27-/m1/s1. The molecule has 0 saturated carbocycles. The molecule has 0 spiro atoms. The second kappa shape index (κ2) is 11.9. The highest BCUT2D eigenvalue weighted by Crippen LogP contribution is 2.28. The smallest absolute Gasteiger partial charge is 0.341 e. The Kier molecular flexibility index (Phi) is 8.38. The highest BCUT2D eigenvalue weighted by molar-refractivity contribution is 5.84. The summed E-state index contributed by atoms with van der Waals surface area (Å²) in [5.41, 5.74) is 2.00. The van der Waals surface area contributed by atoms with Crippen molar-refractivity contribution in [2.24, 2.45) is 0 Å². The number of carbonyl (C=O) groups is 1. The minimum absolute atomic E-state index is 0.120. The molecule has 1 aromatic heterocycles. The zero-order valence-corrected chi connectivity index (χ0v) is 20.2. The van der Waals surface area contributed by atoms with Gasteiger partial charge in [0.05, 0.1) is 6.26 Å². The summed E-state index contributed by atoms with van der Waals surface area (Å²) in [6, 6.07) is 24.5. The number of nitrogens with zero attached hydrogens (tertiary/aromatic N) is 1. The molecule has 3 aromatic carbocycles. The molecule has 7 heteroatoms. The summed E-state index contributed by atoms with van der Waals surface area (Å²) >= 11 is 0. The van der Waals surface area contributed by atoms with Crippen molar-refractivity contribution in [3.8, 4) is 5.75 Å². The van der Waals surface area contributed by atoms with Gasteiger partial charge >= 0.3 is 5.97 Å². The molecule has 3 N–H and O–H groups in total. The van der Waals surface area contributed by atoms with Gasteiger partial charge in [-0.2, -0.15) is 0 Å². The van der Waals surface area contributed by atoms with Gasteiger partial charge in [-0.05, 0) is 36.6 Å². The number of carboxylic acids is 1. The molecule has 36 heavy (non-hydrogen) atoms. The third kappa shape index (κ3) is 6.51. The van der Waals surface area contributed by atoms with Crippen molar-refractivity contribution >= 4 is 16.7 Å². The van der Waals surface area contributed by atoms with Crippen LogP contribution in [0, 0.1) is 0 Å². The maximum atomic E-state index is 11.2. The van der Waals surface area contributed by atoms with Gasteiger partial charge < -0.3 is 24.5 Å². The molecule has 0 aliphatic heterocycles. The Labute approximate surface area is 210 Å². The first kappa shape index (κ1) is 25.4. The van der Waals surface area contributed by atoms with Gasteiger partial charge in [0.1, 0.15) is 23.8 Å². The molecule has 1 unspecified atom stereocenters. The highest BCUT2D eigenvalue weighted by Gasteiger charge is 2.27. The molecule has 3 atom stereocenters. The molecule has 188 valence electrons. The molecular weight excluding hydrogens is 458 g/mol. The van der Waals surface area contributed by atoms with Crippen LogP contribution in [0.15, 0.2) is 89.5 Å². The largest absolute Gasteiger partial charge is 0.482 e. The molecule has 4 aromatic rings. The minimum Gasteiger partial charge on any atom is -0.482 e. The third-order valence-electron chi connectivity index (χ3n) is 6.25. The van der Waals surface area contributed by atoms with E-state index >= 15 is 0 Å². The second-order valence-electron chi connectivity index (χ2n) is 8.95. The van der Waals surface area contributed by atoms with Crippen LogP contribution in [0.3, 0.4) is 0 Å². The molecule has 4 rings (SSSR count). The maximum absolute atomic E-state index is 11.2. The Morgan fingerprint density at radius 1 is 0.917 bits per heavy atom. The average Bonchev–Trinajstić information content (AvgIpc) is 3.31. The Balaban J connectivity index is 1.51. The van der Waals surface area contributed by atoms with Gasteiger partial charge in [-0.25, -0.2) is 4.79 Å². The topological polar surface area (TPSA) is 103 Å². The van der Waals surface area contributed by atoms with Crippen molar-refractivity contribution in [1.29, 1.82) is 0 Å². The number of fused-ring (bicyclic) bond motifs is 1. The Hall–Kier alpha value is -3.65. The van der Waals surface area contributed by atoms with Crippen molar-refractivity contribution in [2.75, 3.05) is 13.2 Å². The maximum Gasteiger partial charge on any atom is 0.341 e. The summed E-state index contributed by atoms with van der Waals surface area (Å²) in [7, 11) is 0. The minimum atomic E-state index is -1.03. The van der Waals surface area contributed by atoms with E-state index < -0.39 is 24.9 Å². The quantitative estimate of drug-likeness (QED) is 0.253. The number of aliphatic carboxylic acids is 1. The summed E-state index contributed by atoms with van der Waals surface area (Å²) in [4.78, 5) is 12.6. The lowest BCUT2D eigenvalue weighted by Gasteiger charge is -2.35. The third-order valence-corrected chi connectivity index (χ3v) is 6.25. The first-order valence-electron chi connectivity index (χ1n) is 12.0. The van der Waals surface area contributed by atoms with E-state index in [2.05, 4.69) is 0 Å². The van der Waals surface area contributed by atoms with E-state index in [1.165, 1.54) is 0 Å². The SMILES string of the molecule is C[C@H](Cc1ccc(OCC(=O)O)cc1)N(CC(O)c1occ2ccccc12)[C@H](O)Cc1ccccc1. The van der Waals surface area contributed by atoms with Gasteiger partial charge in [0, 0.05) is 29.8 Å². The van der Waals surface area contributed by atoms with Gasteiger partial charge in [0.25, 0.3) is 0 Å². The Bertz CT molecular complexity index is 1250. The molecule has 0 radical (unpaired) electrons. The van der Waals surface area contributed by atoms with Crippen molar-refractivity contribution in [2.45, 2.75) is 38.1 Å². The van der Waals surface area contributed by atoms with Crippen LogP contribution in [0.25, 0.3) is 10.8 Å². The van der Waals surface area contributed by atoms with Gasteiger partial charge in [-0.1, -0.05) is 66.7 Å². The highest BCUT2D eigenvalue weighted by atomic mass is 16.5. The van der Waals surface area contributed by atoms with Crippen LogP contribution in [0.2, 0.25) is 0 Å². The zero-order chi connectivity index (χ0) is 25.5. The molecule has 0 amide bonds. The van der Waals surface area contributed by atoms with Gasteiger partial charge in [0.15, 0.2) is 6.61 Å².